The van der Waals surface area contributed by atoms with Crippen LogP contribution in [0.2, 0.25) is 0 Å². The Morgan fingerprint density at radius 2 is 1.81 bits per heavy atom. The van der Waals surface area contributed by atoms with E-state index in [9.17, 15) is 19.8 Å². The molecule has 1 aliphatic carbocycles. The zero-order valence-electron chi connectivity index (χ0n) is 20.8. The maximum Gasteiger partial charge on any atom is 0.414 e. The molecule has 8 nitrogen and oxygen atoms in total. The number of aliphatic hydroxyl groups is 1. The smallest absolute Gasteiger partial charge is 0.414 e. The molecule has 1 saturated carbocycles. The number of rotatable bonds is 5. The first-order valence-electron chi connectivity index (χ1n) is 12.7. The minimum absolute atomic E-state index is 0.0129. The number of fused-ring (bicyclic) bond motifs is 3. The maximum atomic E-state index is 12.6. The van der Waals surface area contributed by atoms with Crippen LogP contribution in [-0.2, 0) is 22.4 Å². The molecule has 0 unspecified atom stereocenters. The van der Waals surface area contributed by atoms with Gasteiger partial charge in [-0.2, -0.15) is 0 Å². The Morgan fingerprint density at radius 3 is 2.47 bits per heavy atom. The predicted molar refractivity (Wildman–Crippen MR) is 136 cm³/mol. The van der Waals surface area contributed by atoms with Gasteiger partial charge in [0.05, 0.1) is 29.7 Å². The summed E-state index contributed by atoms with van der Waals surface area (Å²) < 4.78 is 7.20. The van der Waals surface area contributed by atoms with Gasteiger partial charge in [-0.3, -0.25) is 9.69 Å². The van der Waals surface area contributed by atoms with Crippen molar-refractivity contribution in [2.24, 2.45) is 5.92 Å². The molecule has 1 aliphatic heterocycles. The highest BCUT2D eigenvalue weighted by Crippen LogP contribution is 2.41. The highest BCUT2D eigenvalue weighted by atomic mass is 16.5. The number of hydrogen-bond acceptors (Lipinski definition) is 5. The van der Waals surface area contributed by atoms with Gasteiger partial charge < -0.3 is 19.5 Å². The third-order valence-electron chi connectivity index (χ3n) is 7.83. The largest absolute Gasteiger partial charge is 0.481 e. The minimum atomic E-state index is -0.813. The lowest BCUT2D eigenvalue weighted by Crippen LogP contribution is -2.42. The fraction of sp³-hybridized carbons (Fsp3) is 0.464. The van der Waals surface area contributed by atoms with Crippen molar-refractivity contribution in [2.45, 2.75) is 70.1 Å². The van der Waals surface area contributed by atoms with Crippen molar-refractivity contribution >= 4 is 28.8 Å². The Labute approximate surface area is 210 Å². The van der Waals surface area contributed by atoms with Crippen LogP contribution in [0.4, 0.5) is 10.5 Å². The highest BCUT2D eigenvalue weighted by molar-refractivity contribution is 5.95. The molecule has 0 bridgehead atoms. The normalized spacial score (nSPS) is 22.8. The number of methoxy groups -OCH3 is 1. The molecule has 2 aromatic carbocycles. The molecule has 0 radical (unpaired) electrons. The second-order valence-electron chi connectivity index (χ2n) is 10.0. The van der Waals surface area contributed by atoms with Gasteiger partial charge in [-0.1, -0.05) is 30.3 Å². The van der Waals surface area contributed by atoms with Gasteiger partial charge in [0.25, 0.3) is 0 Å². The molecule has 2 heterocycles. The Kier molecular flexibility index (Phi) is 6.71. The summed E-state index contributed by atoms with van der Waals surface area (Å²) in [6, 6.07) is 13.9. The number of aliphatic hydroxyl groups excluding tert-OH is 1. The van der Waals surface area contributed by atoms with Crippen LogP contribution in [0.1, 0.15) is 68.1 Å². The summed E-state index contributed by atoms with van der Waals surface area (Å²) in [5.41, 5.74) is 4.54. The Balaban J connectivity index is 1.60. The van der Waals surface area contributed by atoms with E-state index in [2.05, 4.69) is 4.57 Å². The predicted octanol–water partition coefficient (Wildman–Crippen LogP) is 5.04. The molecule has 0 spiro atoms. The monoisotopic (exact) mass is 491 g/mol. The van der Waals surface area contributed by atoms with E-state index in [4.69, 9.17) is 9.72 Å². The van der Waals surface area contributed by atoms with Gasteiger partial charge in [0.2, 0.25) is 0 Å². The number of ether oxygens (including phenoxy) is 1. The number of amides is 1. The molecule has 190 valence electrons. The van der Waals surface area contributed by atoms with E-state index >= 15 is 0 Å². The molecule has 1 amide bonds. The van der Waals surface area contributed by atoms with Gasteiger partial charge in [-0.05, 0) is 63.1 Å². The second-order valence-corrected chi connectivity index (χ2v) is 10.0. The van der Waals surface area contributed by atoms with E-state index in [1.165, 1.54) is 7.11 Å². The van der Waals surface area contributed by atoms with E-state index in [0.29, 0.717) is 25.1 Å². The third-order valence-corrected chi connectivity index (χ3v) is 7.83. The average molecular weight is 492 g/mol. The van der Waals surface area contributed by atoms with Gasteiger partial charge >= 0.3 is 12.1 Å². The van der Waals surface area contributed by atoms with E-state index in [1.807, 2.05) is 49.4 Å². The van der Waals surface area contributed by atoms with Crippen molar-refractivity contribution < 1.29 is 24.5 Å². The van der Waals surface area contributed by atoms with Crippen LogP contribution in [0.25, 0.3) is 11.0 Å². The molecule has 0 saturated heterocycles. The van der Waals surface area contributed by atoms with Crippen molar-refractivity contribution in [3.63, 3.8) is 0 Å². The topological polar surface area (TPSA) is 105 Å². The van der Waals surface area contributed by atoms with Gasteiger partial charge in [0.1, 0.15) is 11.9 Å². The van der Waals surface area contributed by atoms with Gasteiger partial charge in [0.15, 0.2) is 0 Å². The zero-order valence-corrected chi connectivity index (χ0v) is 20.8. The number of carbonyl (C=O) groups is 2. The van der Waals surface area contributed by atoms with Crippen LogP contribution in [0, 0.1) is 5.92 Å². The molecular weight excluding hydrogens is 458 g/mol. The lowest BCUT2D eigenvalue weighted by molar-refractivity contribution is -0.143. The quantitative estimate of drug-likeness (QED) is 0.518. The summed E-state index contributed by atoms with van der Waals surface area (Å²) in [7, 11) is 1.39. The van der Waals surface area contributed by atoms with E-state index < -0.39 is 18.2 Å². The number of aliphatic carboxylic acids is 1. The number of aromatic nitrogens is 2. The summed E-state index contributed by atoms with van der Waals surface area (Å²) in [5.74, 6) is -0.458. The summed E-state index contributed by atoms with van der Waals surface area (Å²) in [4.78, 5) is 30.8. The van der Waals surface area contributed by atoms with E-state index in [-0.39, 0.29) is 18.0 Å². The molecule has 8 heteroatoms. The molecule has 2 N–H and O–H groups in total. The molecular formula is C28H33N3O5. The standard InChI is InChI=1S/C28H33N3O5/c1-17-8-13-21-22(30(17)28(35)36-2)14-15-23-25(21)29-26(24(32)16-18-6-4-3-5-7-18)31(23)20-11-9-19(10-12-20)27(33)34/h3-7,14-15,17,19-20,24,32H,8-13,16H2,1-2H3,(H,33,34)/t17-,19?,20?,24+/m0/s1. The number of hydrogen-bond donors (Lipinski definition) is 2. The van der Waals surface area contributed by atoms with Crippen molar-refractivity contribution in [3.05, 3.63) is 59.4 Å². The highest BCUT2D eigenvalue weighted by Gasteiger charge is 2.34. The lowest BCUT2D eigenvalue weighted by atomic mass is 9.85. The van der Waals surface area contributed by atoms with Crippen LogP contribution in [0.5, 0.6) is 0 Å². The number of aryl methyl sites for hydroxylation is 1. The van der Waals surface area contributed by atoms with Gasteiger partial charge in [0, 0.05) is 24.1 Å². The average Bonchev–Trinajstić information content (AvgIpc) is 3.29. The number of carboxylic acids is 1. The van der Waals surface area contributed by atoms with Gasteiger partial charge in [-0.15, -0.1) is 0 Å². The number of anilines is 1. The van der Waals surface area contributed by atoms with Crippen LogP contribution >= 0.6 is 0 Å². The molecule has 1 fully saturated rings. The molecule has 2 aliphatic rings. The van der Waals surface area contributed by atoms with Crippen molar-refractivity contribution in [3.8, 4) is 0 Å². The van der Waals surface area contributed by atoms with Crippen molar-refractivity contribution in [1.82, 2.24) is 9.55 Å². The molecule has 3 aromatic rings. The number of carboxylic acid groups (broad SMARTS) is 1. The molecule has 5 rings (SSSR count). The first-order chi connectivity index (χ1) is 17.4. The summed E-state index contributed by atoms with van der Waals surface area (Å²) in [6.45, 7) is 2.01. The van der Waals surface area contributed by atoms with E-state index in [1.54, 1.807) is 4.90 Å². The Hall–Kier alpha value is -3.39. The lowest BCUT2D eigenvalue weighted by Gasteiger charge is -2.34. The summed E-state index contributed by atoms with van der Waals surface area (Å²) >= 11 is 0. The van der Waals surface area contributed by atoms with Crippen LogP contribution in [0.15, 0.2) is 42.5 Å². The minimum Gasteiger partial charge on any atom is -0.481 e. The SMILES string of the molecule is COC(=O)N1c2ccc3c(nc([C@H](O)Cc4ccccc4)n3C3CCC(C(=O)O)CC3)c2CC[C@@H]1C. The second kappa shape index (κ2) is 9.93. The summed E-state index contributed by atoms with van der Waals surface area (Å²) in [6.07, 6.45) is 3.44. The first kappa shape index (κ1) is 24.3. The molecule has 2 atom stereocenters. The maximum absolute atomic E-state index is 12.6. The van der Waals surface area contributed by atoms with Crippen molar-refractivity contribution in [1.29, 1.82) is 0 Å². The molecule has 36 heavy (non-hydrogen) atoms. The number of imidazole rings is 1. The number of carbonyl (C=O) groups excluding carboxylic acids is 1. The van der Waals surface area contributed by atoms with Gasteiger partial charge in [-0.25, -0.2) is 9.78 Å². The number of benzene rings is 2. The Morgan fingerprint density at radius 1 is 1.08 bits per heavy atom. The third kappa shape index (κ3) is 4.34. The fourth-order valence-electron chi connectivity index (χ4n) is 5.92. The first-order valence-corrected chi connectivity index (χ1v) is 12.7. The Bertz CT molecular complexity index is 1260. The van der Waals surface area contributed by atoms with Crippen LogP contribution in [0.3, 0.4) is 0 Å². The fourth-order valence-corrected chi connectivity index (χ4v) is 5.92. The molecule has 1 aromatic heterocycles. The number of nitrogens with zero attached hydrogens (tertiary/aromatic N) is 3. The summed E-state index contributed by atoms with van der Waals surface area (Å²) in [5, 5.41) is 20.9. The van der Waals surface area contributed by atoms with Crippen LogP contribution in [-0.4, -0.2) is 45.0 Å². The van der Waals surface area contributed by atoms with E-state index in [0.717, 1.165) is 53.5 Å². The van der Waals surface area contributed by atoms with Crippen LogP contribution < -0.4 is 4.90 Å². The van der Waals surface area contributed by atoms with Crippen molar-refractivity contribution in [2.75, 3.05) is 12.0 Å². The zero-order chi connectivity index (χ0) is 25.4.